The Kier molecular flexibility index (Phi) is 6.17. The maximum absolute atomic E-state index is 13.2. The molecule has 0 aliphatic carbocycles. The first kappa shape index (κ1) is 19.3. The third-order valence-corrected chi connectivity index (χ3v) is 4.50. The average molecular weight is 377 g/mol. The van der Waals surface area contributed by atoms with Crippen LogP contribution >= 0.6 is 0 Å². The van der Waals surface area contributed by atoms with Crippen molar-refractivity contribution >= 4 is 11.9 Å². The van der Waals surface area contributed by atoms with E-state index in [9.17, 15) is 14.0 Å². The van der Waals surface area contributed by atoms with Gasteiger partial charge >= 0.3 is 5.97 Å². The van der Waals surface area contributed by atoms with Gasteiger partial charge in [0.05, 0.1) is 7.11 Å². The largest absolute Gasteiger partial charge is 0.467 e. The zero-order valence-corrected chi connectivity index (χ0v) is 15.3. The number of amides is 1. The molecule has 0 saturated carbocycles. The van der Waals surface area contributed by atoms with E-state index < -0.39 is 29.7 Å². The van der Waals surface area contributed by atoms with Crippen molar-refractivity contribution in [1.82, 2.24) is 5.32 Å². The molecule has 0 radical (unpaired) electrons. The summed E-state index contributed by atoms with van der Waals surface area (Å²) in [5.74, 6) is -1.92. The number of carbonyl (C=O) groups is 2. The van der Waals surface area contributed by atoms with Crippen molar-refractivity contribution in [2.45, 2.75) is 12.0 Å². The fourth-order valence-electron chi connectivity index (χ4n) is 3.13. The number of benzene rings is 3. The van der Waals surface area contributed by atoms with Crippen molar-refractivity contribution in [3.63, 3.8) is 0 Å². The molecule has 1 N–H and O–H groups in total. The van der Waals surface area contributed by atoms with Gasteiger partial charge in [0.2, 0.25) is 0 Å². The van der Waals surface area contributed by atoms with E-state index in [1.807, 2.05) is 60.7 Å². The Morgan fingerprint density at radius 2 is 1.32 bits per heavy atom. The summed E-state index contributed by atoms with van der Waals surface area (Å²) in [5.41, 5.74) is 1.99. The van der Waals surface area contributed by atoms with Crippen LogP contribution in [0.2, 0.25) is 0 Å². The number of esters is 1. The molecule has 0 unspecified atom stereocenters. The number of halogens is 1. The van der Waals surface area contributed by atoms with Crippen LogP contribution in [0.1, 0.15) is 27.4 Å². The third-order valence-electron chi connectivity index (χ3n) is 4.50. The first-order valence-electron chi connectivity index (χ1n) is 8.84. The quantitative estimate of drug-likeness (QED) is 0.662. The molecule has 0 aliphatic heterocycles. The number of carbonyl (C=O) groups excluding carboxylic acids is 2. The topological polar surface area (TPSA) is 55.4 Å². The Labute approximate surface area is 163 Å². The molecule has 0 fully saturated rings. The van der Waals surface area contributed by atoms with Crippen LogP contribution in [-0.2, 0) is 9.53 Å². The Bertz CT molecular complexity index is 888. The maximum atomic E-state index is 13.2. The van der Waals surface area contributed by atoms with E-state index in [1.165, 1.54) is 31.4 Å². The highest BCUT2D eigenvalue weighted by molar-refractivity contribution is 5.97. The molecule has 0 saturated heterocycles. The highest BCUT2D eigenvalue weighted by Gasteiger charge is 2.33. The van der Waals surface area contributed by atoms with E-state index in [2.05, 4.69) is 5.32 Å². The summed E-state index contributed by atoms with van der Waals surface area (Å²) in [7, 11) is 1.28. The molecule has 0 heterocycles. The molecule has 5 heteroatoms. The number of ether oxygens (including phenoxy) is 1. The highest BCUT2D eigenvalue weighted by Crippen LogP contribution is 2.29. The van der Waals surface area contributed by atoms with Crippen molar-refractivity contribution in [2.75, 3.05) is 7.11 Å². The van der Waals surface area contributed by atoms with E-state index in [1.54, 1.807) is 0 Å². The standard InChI is InChI=1S/C23H20FNO3/c1-28-23(27)21(25-22(26)18-12-14-19(24)15-13-18)20(16-8-4-2-5-9-16)17-10-6-3-7-11-17/h2-15,20-21H,1H3,(H,25,26)/t21-/m0/s1. The minimum Gasteiger partial charge on any atom is -0.467 e. The van der Waals surface area contributed by atoms with Gasteiger partial charge in [-0.1, -0.05) is 60.7 Å². The van der Waals surface area contributed by atoms with Crippen molar-refractivity contribution in [3.8, 4) is 0 Å². The summed E-state index contributed by atoms with van der Waals surface area (Å²) in [4.78, 5) is 25.3. The van der Waals surface area contributed by atoms with Gasteiger partial charge in [-0.15, -0.1) is 0 Å². The van der Waals surface area contributed by atoms with Crippen LogP contribution in [0.3, 0.4) is 0 Å². The zero-order chi connectivity index (χ0) is 19.9. The lowest BCUT2D eigenvalue weighted by Gasteiger charge is -2.27. The second kappa shape index (κ2) is 8.95. The minimum atomic E-state index is -0.952. The van der Waals surface area contributed by atoms with Gasteiger partial charge in [0, 0.05) is 11.5 Å². The normalized spacial score (nSPS) is 11.7. The van der Waals surface area contributed by atoms with E-state index in [0.29, 0.717) is 0 Å². The van der Waals surface area contributed by atoms with Crippen LogP contribution in [0, 0.1) is 5.82 Å². The van der Waals surface area contributed by atoms with E-state index in [0.717, 1.165) is 11.1 Å². The summed E-state index contributed by atoms with van der Waals surface area (Å²) in [6.45, 7) is 0. The van der Waals surface area contributed by atoms with E-state index in [4.69, 9.17) is 4.74 Å². The van der Waals surface area contributed by atoms with Gasteiger partial charge in [-0.2, -0.15) is 0 Å². The van der Waals surface area contributed by atoms with Crippen LogP contribution in [-0.4, -0.2) is 25.0 Å². The molecule has 142 valence electrons. The molecular weight excluding hydrogens is 357 g/mol. The average Bonchev–Trinajstić information content (AvgIpc) is 2.74. The molecule has 0 aliphatic rings. The summed E-state index contributed by atoms with van der Waals surface area (Å²) in [6, 6.07) is 23.1. The van der Waals surface area contributed by atoms with E-state index in [-0.39, 0.29) is 5.56 Å². The van der Waals surface area contributed by atoms with Crippen LogP contribution < -0.4 is 5.32 Å². The van der Waals surface area contributed by atoms with Gasteiger partial charge in [0.1, 0.15) is 11.9 Å². The third kappa shape index (κ3) is 4.43. The first-order valence-corrected chi connectivity index (χ1v) is 8.84. The summed E-state index contributed by atoms with van der Waals surface area (Å²) >= 11 is 0. The molecule has 0 bridgehead atoms. The van der Waals surface area contributed by atoms with Crippen molar-refractivity contribution < 1.29 is 18.7 Å². The molecule has 1 amide bonds. The van der Waals surface area contributed by atoms with Gasteiger partial charge in [-0.3, -0.25) is 4.79 Å². The van der Waals surface area contributed by atoms with Crippen LogP contribution in [0.15, 0.2) is 84.9 Å². The molecule has 3 rings (SSSR count). The van der Waals surface area contributed by atoms with Crippen LogP contribution in [0.5, 0.6) is 0 Å². The van der Waals surface area contributed by atoms with E-state index >= 15 is 0 Å². The molecule has 3 aromatic carbocycles. The molecule has 1 atom stereocenters. The van der Waals surface area contributed by atoms with Gasteiger partial charge in [0.25, 0.3) is 5.91 Å². The monoisotopic (exact) mass is 377 g/mol. The second-order valence-corrected chi connectivity index (χ2v) is 6.28. The Balaban J connectivity index is 2.00. The zero-order valence-electron chi connectivity index (χ0n) is 15.3. The van der Waals surface area contributed by atoms with Crippen LogP contribution in [0.25, 0.3) is 0 Å². The van der Waals surface area contributed by atoms with Crippen molar-refractivity contribution in [1.29, 1.82) is 0 Å². The first-order chi connectivity index (χ1) is 13.6. The lowest BCUT2D eigenvalue weighted by Crippen LogP contribution is -2.46. The molecule has 4 nitrogen and oxygen atoms in total. The lowest BCUT2D eigenvalue weighted by atomic mass is 9.84. The number of hydrogen-bond acceptors (Lipinski definition) is 3. The van der Waals surface area contributed by atoms with Crippen LogP contribution in [0.4, 0.5) is 4.39 Å². The predicted molar refractivity (Wildman–Crippen MR) is 104 cm³/mol. The lowest BCUT2D eigenvalue weighted by molar-refractivity contribution is -0.143. The number of methoxy groups -OCH3 is 1. The number of nitrogens with one attached hydrogen (secondary N) is 1. The van der Waals surface area contributed by atoms with Crippen molar-refractivity contribution in [2.24, 2.45) is 0 Å². The molecule has 0 spiro atoms. The van der Waals surface area contributed by atoms with Crippen molar-refractivity contribution in [3.05, 3.63) is 107 Å². The number of hydrogen-bond donors (Lipinski definition) is 1. The highest BCUT2D eigenvalue weighted by atomic mass is 19.1. The maximum Gasteiger partial charge on any atom is 0.329 e. The summed E-state index contributed by atoms with van der Waals surface area (Å²) < 4.78 is 18.1. The molecule has 3 aromatic rings. The smallest absolute Gasteiger partial charge is 0.329 e. The SMILES string of the molecule is COC(=O)[C@@H](NC(=O)c1ccc(F)cc1)C(c1ccccc1)c1ccccc1. The summed E-state index contributed by atoms with van der Waals surface area (Å²) in [6.07, 6.45) is 0. The predicted octanol–water partition coefficient (Wildman–Crippen LogP) is 3.93. The Hall–Kier alpha value is -3.47. The summed E-state index contributed by atoms with van der Waals surface area (Å²) in [5, 5.41) is 2.76. The fourth-order valence-corrected chi connectivity index (χ4v) is 3.13. The Morgan fingerprint density at radius 3 is 1.79 bits per heavy atom. The molecular formula is C23H20FNO3. The van der Waals surface area contributed by atoms with Gasteiger partial charge in [0.15, 0.2) is 0 Å². The molecule has 0 aromatic heterocycles. The number of rotatable bonds is 6. The fraction of sp³-hybridized carbons (Fsp3) is 0.130. The Morgan fingerprint density at radius 1 is 0.821 bits per heavy atom. The van der Waals surface area contributed by atoms with Gasteiger partial charge in [-0.05, 0) is 35.4 Å². The van der Waals surface area contributed by atoms with Gasteiger partial charge in [-0.25, -0.2) is 9.18 Å². The van der Waals surface area contributed by atoms with Gasteiger partial charge < -0.3 is 10.1 Å². The minimum absolute atomic E-state index is 0.259. The second-order valence-electron chi connectivity index (χ2n) is 6.28. The molecule has 28 heavy (non-hydrogen) atoms.